The zero-order valence-electron chi connectivity index (χ0n) is 35.0. The summed E-state index contributed by atoms with van der Waals surface area (Å²) >= 11 is 0. The fraction of sp³-hybridized carbons (Fsp3) is 0.974. The molecule has 3 fully saturated rings. The smallest absolute Gasteiger partial charge is 0.311 e. The Balaban J connectivity index is 2.18. The number of likely N-dealkylation sites (N-methyl/N-ethyl adjacent to an activating group) is 2. The summed E-state index contributed by atoms with van der Waals surface area (Å²) < 4.78 is 37.6. The van der Waals surface area contributed by atoms with E-state index >= 15 is 0 Å². The van der Waals surface area contributed by atoms with E-state index in [1.165, 1.54) is 14.0 Å². The molecule has 15 nitrogen and oxygen atoms in total. The fourth-order valence-corrected chi connectivity index (χ4v) is 8.98. The van der Waals surface area contributed by atoms with Crippen LogP contribution in [-0.4, -0.2) is 178 Å². The van der Waals surface area contributed by atoms with Crippen LogP contribution in [0.2, 0.25) is 0 Å². The van der Waals surface area contributed by atoms with Crippen LogP contribution >= 0.6 is 0 Å². The van der Waals surface area contributed by atoms with Crippen molar-refractivity contribution in [3.05, 3.63) is 0 Å². The minimum atomic E-state index is -1.82. The Morgan fingerprint density at radius 1 is 0.963 bits per heavy atom. The van der Waals surface area contributed by atoms with Crippen LogP contribution in [0.15, 0.2) is 0 Å². The maximum atomic E-state index is 14.2. The van der Waals surface area contributed by atoms with E-state index in [0.717, 1.165) is 0 Å². The van der Waals surface area contributed by atoms with Crippen LogP contribution in [0.3, 0.4) is 0 Å². The lowest BCUT2D eigenvalue weighted by Gasteiger charge is -2.49. The molecule has 0 bridgehead atoms. The van der Waals surface area contributed by atoms with Gasteiger partial charge in [-0.25, -0.2) is 0 Å². The minimum absolute atomic E-state index is 0.0981. The second-order valence-electron chi connectivity index (χ2n) is 17.4. The van der Waals surface area contributed by atoms with Crippen molar-refractivity contribution in [3.8, 4) is 0 Å². The molecule has 0 aromatic rings. The maximum absolute atomic E-state index is 14.2. The molecule has 15 heteroatoms. The van der Waals surface area contributed by atoms with Gasteiger partial charge >= 0.3 is 5.97 Å². The van der Waals surface area contributed by atoms with Crippen molar-refractivity contribution in [1.29, 1.82) is 0 Å². The van der Waals surface area contributed by atoms with E-state index in [0.29, 0.717) is 19.5 Å². The molecule has 6 N–H and O–H groups in total. The zero-order chi connectivity index (χ0) is 41.1. The summed E-state index contributed by atoms with van der Waals surface area (Å²) in [5.41, 5.74) is -4.45. The first-order valence-electron chi connectivity index (χ1n) is 19.8. The Kier molecular flexibility index (Phi) is 16.8. The Morgan fingerprint density at radius 3 is 2.17 bits per heavy atom. The average molecular weight is 779 g/mol. The highest BCUT2D eigenvalue weighted by Crippen LogP contribution is 2.40. The van der Waals surface area contributed by atoms with E-state index in [1.54, 1.807) is 48.5 Å². The van der Waals surface area contributed by atoms with E-state index < -0.39 is 102 Å². The lowest BCUT2D eigenvalue weighted by atomic mass is 9.77. The first-order valence-corrected chi connectivity index (χ1v) is 19.8. The van der Waals surface area contributed by atoms with Crippen LogP contribution in [0.5, 0.6) is 0 Å². The predicted molar refractivity (Wildman–Crippen MR) is 200 cm³/mol. The Hall–Kier alpha value is -1.05. The fourth-order valence-electron chi connectivity index (χ4n) is 8.98. The van der Waals surface area contributed by atoms with Crippen molar-refractivity contribution in [3.63, 3.8) is 0 Å². The van der Waals surface area contributed by atoms with Gasteiger partial charge in [-0.1, -0.05) is 20.8 Å². The third-order valence-corrected chi connectivity index (χ3v) is 12.6. The van der Waals surface area contributed by atoms with Crippen molar-refractivity contribution < 1.29 is 63.9 Å². The summed E-state index contributed by atoms with van der Waals surface area (Å²) in [5, 5.41) is 68.0. The van der Waals surface area contributed by atoms with Gasteiger partial charge in [0.1, 0.15) is 30.0 Å². The molecule has 0 aromatic carbocycles. The van der Waals surface area contributed by atoms with Crippen LogP contribution in [0.4, 0.5) is 0 Å². The van der Waals surface area contributed by atoms with Crippen molar-refractivity contribution in [2.24, 2.45) is 17.8 Å². The standard InChI is InChI=1S/C39H74N2O13/c1-14-28-39(10,48)32(44)25(6)41(12)20-21(2)18-37(8,47)34(54-36-30(43)27(17-22(3)50-36)40(11)15-16-42)23(4)31(24(5)35(46)52-28)53-29-19-38(9,49-13)33(45)26(7)51-29/h21-34,36,42-45,47-48H,14-20H2,1-13H3/t21-,22-,23+,24-,25-,26+,27+,28-,29+,30-,31+,32-,33+,34-,36+,37-,38-,39-/m1/s1. The van der Waals surface area contributed by atoms with Gasteiger partial charge in [0, 0.05) is 44.6 Å². The van der Waals surface area contributed by atoms with Gasteiger partial charge in [-0.2, -0.15) is 0 Å². The number of esters is 1. The van der Waals surface area contributed by atoms with Crippen LogP contribution in [-0.2, 0) is 33.2 Å². The Labute approximate surface area is 323 Å². The van der Waals surface area contributed by atoms with Crippen LogP contribution in [0.1, 0.15) is 94.9 Å². The highest BCUT2D eigenvalue weighted by atomic mass is 16.7. The van der Waals surface area contributed by atoms with E-state index in [4.69, 9.17) is 28.4 Å². The zero-order valence-corrected chi connectivity index (χ0v) is 35.0. The molecule has 0 aliphatic carbocycles. The number of nitrogens with zero attached hydrogens (tertiary/aromatic N) is 2. The predicted octanol–water partition coefficient (Wildman–Crippen LogP) is 1.26. The summed E-state index contributed by atoms with van der Waals surface area (Å²) in [6.45, 7) is 18.1. The van der Waals surface area contributed by atoms with Gasteiger partial charge < -0.3 is 64.0 Å². The summed E-state index contributed by atoms with van der Waals surface area (Å²) in [7, 11) is 5.14. The maximum Gasteiger partial charge on any atom is 0.311 e. The lowest BCUT2D eigenvalue weighted by molar-refractivity contribution is -0.318. The molecule has 318 valence electrons. The second-order valence-corrected chi connectivity index (χ2v) is 17.4. The molecule has 18 atom stereocenters. The summed E-state index contributed by atoms with van der Waals surface area (Å²) in [4.78, 5) is 18.0. The van der Waals surface area contributed by atoms with Crippen molar-refractivity contribution in [1.82, 2.24) is 9.80 Å². The van der Waals surface area contributed by atoms with E-state index in [1.807, 2.05) is 37.7 Å². The normalized spacial score (nSPS) is 48.2. The van der Waals surface area contributed by atoms with Crippen molar-refractivity contribution >= 4 is 5.97 Å². The second kappa shape index (κ2) is 19.1. The quantitative estimate of drug-likeness (QED) is 0.183. The number of cyclic esters (lactones) is 1. The van der Waals surface area contributed by atoms with Crippen molar-refractivity contribution in [2.45, 2.75) is 185 Å². The number of ether oxygens (including phenoxy) is 6. The number of aliphatic hydroxyl groups is 6. The van der Waals surface area contributed by atoms with E-state index in [2.05, 4.69) is 0 Å². The molecule has 54 heavy (non-hydrogen) atoms. The molecule has 0 amide bonds. The van der Waals surface area contributed by atoms with Gasteiger partial charge in [-0.3, -0.25) is 9.69 Å². The largest absolute Gasteiger partial charge is 0.459 e. The van der Waals surface area contributed by atoms with Crippen molar-refractivity contribution in [2.75, 3.05) is 40.9 Å². The average Bonchev–Trinajstić information content (AvgIpc) is 3.09. The molecule has 0 spiro atoms. The molecule has 3 saturated heterocycles. The summed E-state index contributed by atoms with van der Waals surface area (Å²) in [5.74, 6) is -2.70. The Morgan fingerprint density at radius 2 is 1.59 bits per heavy atom. The van der Waals surface area contributed by atoms with Crippen LogP contribution in [0, 0.1) is 17.8 Å². The van der Waals surface area contributed by atoms with E-state index in [-0.39, 0.29) is 37.9 Å². The number of hydrogen-bond acceptors (Lipinski definition) is 15. The molecule has 3 aliphatic heterocycles. The summed E-state index contributed by atoms with van der Waals surface area (Å²) in [6, 6.07) is -0.968. The molecular weight excluding hydrogens is 704 g/mol. The monoisotopic (exact) mass is 779 g/mol. The van der Waals surface area contributed by atoms with Gasteiger partial charge in [0.2, 0.25) is 0 Å². The highest BCUT2D eigenvalue weighted by Gasteiger charge is 2.52. The third-order valence-electron chi connectivity index (χ3n) is 12.6. The van der Waals surface area contributed by atoms with Crippen LogP contribution < -0.4 is 0 Å². The lowest BCUT2D eigenvalue weighted by Crippen LogP contribution is -2.61. The molecule has 3 heterocycles. The first kappa shape index (κ1) is 47.3. The topological polar surface area (TPSA) is 200 Å². The van der Waals surface area contributed by atoms with E-state index in [9.17, 15) is 35.4 Å². The third kappa shape index (κ3) is 10.7. The van der Waals surface area contributed by atoms with Gasteiger partial charge in [-0.05, 0) is 87.7 Å². The molecule has 3 rings (SSSR count). The SMILES string of the molecule is CC[C@H]1OC(=O)[C@H](C)[C@@H](O[C@H]2C[C@@](C)(OC)[C@@H](O)[C@H](C)O2)[C@H](C)[C@@H](O[C@@H]2O[C@H](C)C[C@H](N(C)CCO)[C@H]2O)[C@](C)(O)C[C@@H](C)CN(C)[C@H](C)[C@@H](O)[C@]1(C)O. The number of methoxy groups -OCH3 is 1. The molecular formula is C39H74N2O13. The number of rotatable bonds is 9. The number of carbonyl (C=O) groups excluding carboxylic acids is 1. The summed E-state index contributed by atoms with van der Waals surface area (Å²) in [6.07, 6.45) is -8.79. The number of carbonyl (C=O) groups is 1. The molecule has 0 aromatic heterocycles. The van der Waals surface area contributed by atoms with Crippen LogP contribution in [0.25, 0.3) is 0 Å². The molecule has 3 aliphatic rings. The van der Waals surface area contributed by atoms with Gasteiger partial charge in [0.15, 0.2) is 12.6 Å². The minimum Gasteiger partial charge on any atom is -0.459 e. The highest BCUT2D eigenvalue weighted by molar-refractivity contribution is 5.73. The molecule has 0 saturated carbocycles. The molecule has 0 radical (unpaired) electrons. The van der Waals surface area contributed by atoms with Gasteiger partial charge in [0.25, 0.3) is 0 Å². The number of hydrogen-bond donors (Lipinski definition) is 6. The van der Waals surface area contributed by atoms with Gasteiger partial charge in [-0.15, -0.1) is 0 Å². The number of aliphatic hydroxyl groups excluding tert-OH is 4. The first-order chi connectivity index (χ1) is 24.9. The van der Waals surface area contributed by atoms with Gasteiger partial charge in [0.05, 0.1) is 48.1 Å². The Bertz CT molecular complexity index is 1180. The molecule has 0 unspecified atom stereocenters.